The predicted octanol–water partition coefficient (Wildman–Crippen LogP) is 2.70. The molecule has 0 aliphatic heterocycles. The zero-order valence-electron chi connectivity index (χ0n) is 7.50. The normalized spacial score (nSPS) is 18.2. The second kappa shape index (κ2) is 3.51. The minimum atomic E-state index is -0.612. The van der Waals surface area contributed by atoms with E-state index in [0.717, 1.165) is 12.8 Å². The standard InChI is InChI=1S/C10H11BrFNO/c11-6-3-4-7(12)10(14)8(6)9(13)5-1-2-5/h3-5,9,14H,1-2,13H2/t9-/m0/s1. The molecule has 1 aromatic rings. The Kier molecular flexibility index (Phi) is 2.49. The number of hydrogen-bond donors (Lipinski definition) is 2. The molecule has 0 amide bonds. The molecule has 0 saturated heterocycles. The van der Waals surface area contributed by atoms with Crippen molar-refractivity contribution < 1.29 is 9.50 Å². The number of rotatable bonds is 2. The van der Waals surface area contributed by atoms with E-state index in [-0.39, 0.29) is 11.8 Å². The maximum Gasteiger partial charge on any atom is 0.165 e. The molecule has 1 atom stereocenters. The van der Waals surface area contributed by atoms with Gasteiger partial charge in [0, 0.05) is 16.1 Å². The van der Waals surface area contributed by atoms with Gasteiger partial charge in [-0.05, 0) is 30.9 Å². The fraction of sp³-hybridized carbons (Fsp3) is 0.400. The lowest BCUT2D eigenvalue weighted by molar-refractivity contribution is 0.416. The van der Waals surface area contributed by atoms with Crippen LogP contribution >= 0.6 is 15.9 Å². The van der Waals surface area contributed by atoms with Crippen LogP contribution in [0.1, 0.15) is 24.4 Å². The van der Waals surface area contributed by atoms with Crippen molar-refractivity contribution >= 4 is 15.9 Å². The van der Waals surface area contributed by atoms with Gasteiger partial charge in [-0.25, -0.2) is 4.39 Å². The van der Waals surface area contributed by atoms with Crippen molar-refractivity contribution in [1.82, 2.24) is 0 Å². The fourth-order valence-electron chi connectivity index (χ4n) is 1.56. The van der Waals surface area contributed by atoms with Crippen LogP contribution in [0.3, 0.4) is 0 Å². The number of phenolic OH excluding ortho intramolecular Hbond substituents is 1. The Morgan fingerprint density at radius 2 is 2.14 bits per heavy atom. The van der Waals surface area contributed by atoms with Crippen molar-refractivity contribution in [2.45, 2.75) is 18.9 Å². The van der Waals surface area contributed by atoms with Gasteiger partial charge in [0.15, 0.2) is 11.6 Å². The van der Waals surface area contributed by atoms with Crippen molar-refractivity contribution in [3.05, 3.63) is 28.0 Å². The third-order valence-electron chi connectivity index (χ3n) is 2.58. The molecule has 14 heavy (non-hydrogen) atoms. The monoisotopic (exact) mass is 259 g/mol. The van der Waals surface area contributed by atoms with Crippen LogP contribution in [0.4, 0.5) is 4.39 Å². The maximum absolute atomic E-state index is 13.1. The van der Waals surface area contributed by atoms with Crippen LogP contribution < -0.4 is 5.73 Å². The third-order valence-corrected chi connectivity index (χ3v) is 3.27. The Balaban J connectivity index is 2.43. The average Bonchev–Trinajstić information content (AvgIpc) is 2.95. The van der Waals surface area contributed by atoms with Gasteiger partial charge in [0.25, 0.3) is 0 Å². The molecular weight excluding hydrogens is 249 g/mol. The molecule has 0 unspecified atom stereocenters. The molecule has 1 aromatic carbocycles. The first kappa shape index (κ1) is 9.93. The fourth-order valence-corrected chi connectivity index (χ4v) is 2.15. The second-order valence-electron chi connectivity index (χ2n) is 3.65. The van der Waals surface area contributed by atoms with Crippen LogP contribution in [0.5, 0.6) is 5.75 Å². The summed E-state index contributed by atoms with van der Waals surface area (Å²) in [4.78, 5) is 0. The van der Waals surface area contributed by atoms with E-state index in [1.165, 1.54) is 6.07 Å². The zero-order valence-corrected chi connectivity index (χ0v) is 9.09. The summed E-state index contributed by atoms with van der Waals surface area (Å²) >= 11 is 3.27. The lowest BCUT2D eigenvalue weighted by Crippen LogP contribution is -2.13. The molecule has 0 heterocycles. The first-order chi connectivity index (χ1) is 6.61. The quantitative estimate of drug-likeness (QED) is 0.858. The largest absolute Gasteiger partial charge is 0.505 e. The highest BCUT2D eigenvalue weighted by molar-refractivity contribution is 9.10. The lowest BCUT2D eigenvalue weighted by atomic mass is 10.0. The topological polar surface area (TPSA) is 46.2 Å². The Hall–Kier alpha value is -0.610. The van der Waals surface area contributed by atoms with Crippen LogP contribution in [0.15, 0.2) is 16.6 Å². The van der Waals surface area contributed by atoms with Crippen molar-refractivity contribution in [3.8, 4) is 5.75 Å². The summed E-state index contributed by atoms with van der Waals surface area (Å²) in [6.45, 7) is 0. The Labute approximate surface area is 90.1 Å². The zero-order chi connectivity index (χ0) is 10.3. The highest BCUT2D eigenvalue weighted by Gasteiger charge is 2.32. The summed E-state index contributed by atoms with van der Waals surface area (Å²) in [5.74, 6) is -0.544. The molecular formula is C10H11BrFNO. The number of nitrogens with two attached hydrogens (primary N) is 1. The molecule has 4 heteroatoms. The summed E-state index contributed by atoms with van der Waals surface area (Å²) in [6.07, 6.45) is 2.12. The number of benzene rings is 1. The molecule has 2 nitrogen and oxygen atoms in total. The molecule has 3 N–H and O–H groups in total. The summed E-state index contributed by atoms with van der Waals surface area (Å²) in [5, 5.41) is 9.54. The minimum Gasteiger partial charge on any atom is -0.505 e. The maximum atomic E-state index is 13.1. The van der Waals surface area contributed by atoms with Gasteiger partial charge in [-0.15, -0.1) is 0 Å². The average molecular weight is 260 g/mol. The molecule has 1 aliphatic rings. The molecule has 1 aliphatic carbocycles. The molecule has 76 valence electrons. The van der Waals surface area contributed by atoms with Gasteiger partial charge in [-0.3, -0.25) is 0 Å². The van der Waals surface area contributed by atoms with E-state index in [4.69, 9.17) is 5.73 Å². The Bertz CT molecular complexity index is 365. The Morgan fingerprint density at radius 3 is 2.71 bits per heavy atom. The third kappa shape index (κ3) is 1.64. The first-order valence-corrected chi connectivity index (χ1v) is 5.33. The lowest BCUT2D eigenvalue weighted by Gasteiger charge is -2.14. The van der Waals surface area contributed by atoms with Crippen molar-refractivity contribution in [3.63, 3.8) is 0 Å². The summed E-state index contributed by atoms with van der Waals surface area (Å²) < 4.78 is 13.8. The van der Waals surface area contributed by atoms with E-state index in [2.05, 4.69) is 15.9 Å². The molecule has 0 spiro atoms. The van der Waals surface area contributed by atoms with Gasteiger partial charge in [0.2, 0.25) is 0 Å². The van der Waals surface area contributed by atoms with Gasteiger partial charge in [-0.1, -0.05) is 15.9 Å². The molecule has 0 radical (unpaired) electrons. The van der Waals surface area contributed by atoms with E-state index >= 15 is 0 Å². The van der Waals surface area contributed by atoms with Crippen molar-refractivity contribution in [2.75, 3.05) is 0 Å². The van der Waals surface area contributed by atoms with Gasteiger partial charge >= 0.3 is 0 Å². The summed E-state index contributed by atoms with van der Waals surface area (Å²) in [6, 6.07) is 2.54. The number of hydrogen-bond acceptors (Lipinski definition) is 2. The number of phenols is 1. The van der Waals surface area contributed by atoms with Crippen LogP contribution in [0.2, 0.25) is 0 Å². The number of aromatic hydroxyl groups is 1. The SMILES string of the molecule is N[C@H](c1c(Br)ccc(F)c1O)C1CC1. The summed E-state index contributed by atoms with van der Waals surface area (Å²) in [5.41, 5.74) is 6.41. The number of halogens is 2. The Morgan fingerprint density at radius 1 is 1.50 bits per heavy atom. The van der Waals surface area contributed by atoms with E-state index in [1.807, 2.05) is 0 Å². The van der Waals surface area contributed by atoms with E-state index in [9.17, 15) is 9.50 Å². The van der Waals surface area contributed by atoms with Gasteiger partial charge < -0.3 is 10.8 Å². The van der Waals surface area contributed by atoms with Gasteiger partial charge in [0.05, 0.1) is 0 Å². The van der Waals surface area contributed by atoms with Gasteiger partial charge in [0.1, 0.15) is 0 Å². The predicted molar refractivity (Wildman–Crippen MR) is 55.4 cm³/mol. The van der Waals surface area contributed by atoms with E-state index < -0.39 is 5.82 Å². The van der Waals surface area contributed by atoms with Crippen molar-refractivity contribution in [2.24, 2.45) is 11.7 Å². The molecule has 0 aromatic heterocycles. The smallest absolute Gasteiger partial charge is 0.165 e. The van der Waals surface area contributed by atoms with E-state index in [0.29, 0.717) is 16.0 Å². The van der Waals surface area contributed by atoms with Crippen LogP contribution in [0, 0.1) is 11.7 Å². The van der Waals surface area contributed by atoms with E-state index in [1.54, 1.807) is 6.07 Å². The molecule has 0 bridgehead atoms. The highest BCUT2D eigenvalue weighted by atomic mass is 79.9. The highest BCUT2D eigenvalue weighted by Crippen LogP contribution is 2.44. The minimum absolute atomic E-state index is 0.264. The van der Waals surface area contributed by atoms with Crippen LogP contribution in [0.25, 0.3) is 0 Å². The van der Waals surface area contributed by atoms with Crippen molar-refractivity contribution in [1.29, 1.82) is 0 Å². The first-order valence-electron chi connectivity index (χ1n) is 4.53. The second-order valence-corrected chi connectivity index (χ2v) is 4.51. The van der Waals surface area contributed by atoms with Gasteiger partial charge in [-0.2, -0.15) is 0 Å². The van der Waals surface area contributed by atoms with Crippen LogP contribution in [-0.4, -0.2) is 5.11 Å². The molecule has 1 saturated carbocycles. The molecule has 2 rings (SSSR count). The summed E-state index contributed by atoms with van der Waals surface area (Å²) in [7, 11) is 0. The van der Waals surface area contributed by atoms with Crippen LogP contribution in [-0.2, 0) is 0 Å². The molecule has 1 fully saturated rings.